The number of hydrogen-bond donors (Lipinski definition) is 1. The van der Waals surface area contributed by atoms with E-state index in [1.165, 1.54) is 0 Å². The first-order chi connectivity index (χ1) is 17.0. The van der Waals surface area contributed by atoms with Gasteiger partial charge in [0.2, 0.25) is 0 Å². The Morgan fingerprint density at radius 3 is 2.36 bits per heavy atom. The van der Waals surface area contributed by atoms with E-state index in [0.717, 1.165) is 28.1 Å². The molecule has 0 aliphatic carbocycles. The van der Waals surface area contributed by atoms with Crippen molar-refractivity contribution < 1.29 is 41.0 Å². The number of carboxylic acid groups (broad SMARTS) is 1. The SMILES string of the molecule is CCC(=O)O.COc1cccc(-c2ccc3c(c2)N(S(=O)(=O)c2cccc(C(F)(F)F)c2)CCO3)c1. The second kappa shape index (κ2) is 10.9. The van der Waals surface area contributed by atoms with Gasteiger partial charge in [-0.25, -0.2) is 8.42 Å². The quantitative estimate of drug-likeness (QED) is 0.478. The van der Waals surface area contributed by atoms with Gasteiger partial charge in [0.15, 0.2) is 0 Å². The van der Waals surface area contributed by atoms with Crippen molar-refractivity contribution in [2.45, 2.75) is 24.4 Å². The van der Waals surface area contributed by atoms with Crippen molar-refractivity contribution in [3.63, 3.8) is 0 Å². The molecule has 0 spiro atoms. The normalized spacial score (nSPS) is 13.1. The zero-order chi connectivity index (χ0) is 26.5. The van der Waals surface area contributed by atoms with E-state index in [9.17, 15) is 26.4 Å². The standard InChI is InChI=1S/C22H18F3NO4S.C3H6O2/c1-29-18-6-2-4-15(12-18)16-8-9-21-20(13-16)26(10-11-30-21)31(27,28)19-7-3-5-17(14-19)22(23,24)25;1-2-3(4)5/h2-9,12-14H,10-11H2,1H3;2H2,1H3,(H,4,5). The van der Waals surface area contributed by atoms with Gasteiger partial charge in [-0.15, -0.1) is 0 Å². The number of methoxy groups -OCH3 is 1. The van der Waals surface area contributed by atoms with Crippen LogP contribution in [-0.4, -0.2) is 39.8 Å². The molecule has 3 aromatic rings. The summed E-state index contributed by atoms with van der Waals surface area (Å²) in [5.41, 5.74) is 0.757. The van der Waals surface area contributed by atoms with Gasteiger partial charge < -0.3 is 14.6 Å². The van der Waals surface area contributed by atoms with Crippen LogP contribution in [0.3, 0.4) is 0 Å². The Morgan fingerprint density at radius 1 is 1.06 bits per heavy atom. The maximum atomic E-state index is 13.3. The summed E-state index contributed by atoms with van der Waals surface area (Å²) in [5, 5.41) is 7.72. The van der Waals surface area contributed by atoms with Crippen molar-refractivity contribution in [1.29, 1.82) is 0 Å². The highest BCUT2D eigenvalue weighted by molar-refractivity contribution is 7.92. The number of aliphatic carboxylic acids is 1. The van der Waals surface area contributed by atoms with Crippen LogP contribution in [0, 0.1) is 0 Å². The minimum absolute atomic E-state index is 0.0207. The van der Waals surface area contributed by atoms with Crippen molar-refractivity contribution in [1.82, 2.24) is 0 Å². The number of hydrogen-bond acceptors (Lipinski definition) is 5. The Hall–Kier alpha value is -3.73. The van der Waals surface area contributed by atoms with E-state index < -0.39 is 32.6 Å². The molecule has 11 heteroatoms. The Bertz CT molecular complexity index is 1340. The van der Waals surface area contributed by atoms with Crippen molar-refractivity contribution in [3.05, 3.63) is 72.3 Å². The number of carbonyl (C=O) groups is 1. The van der Waals surface area contributed by atoms with E-state index in [2.05, 4.69) is 0 Å². The van der Waals surface area contributed by atoms with Crippen LogP contribution < -0.4 is 13.8 Å². The van der Waals surface area contributed by atoms with Crippen molar-refractivity contribution >= 4 is 21.7 Å². The van der Waals surface area contributed by atoms with E-state index in [1.807, 2.05) is 6.07 Å². The van der Waals surface area contributed by atoms with Crippen LogP contribution in [0.25, 0.3) is 11.1 Å². The summed E-state index contributed by atoms with van der Waals surface area (Å²) in [6, 6.07) is 16.1. The van der Waals surface area contributed by atoms with Crippen LogP contribution in [0.15, 0.2) is 71.6 Å². The molecular weight excluding hydrogens is 499 g/mol. The van der Waals surface area contributed by atoms with Gasteiger partial charge in [0.05, 0.1) is 29.8 Å². The second-order valence-electron chi connectivity index (χ2n) is 7.61. The van der Waals surface area contributed by atoms with Crippen LogP contribution in [-0.2, 0) is 21.0 Å². The third kappa shape index (κ3) is 6.09. The van der Waals surface area contributed by atoms with Crippen LogP contribution in [0.2, 0.25) is 0 Å². The Kier molecular flexibility index (Phi) is 8.13. The number of alkyl halides is 3. The molecule has 1 aliphatic heterocycles. The van der Waals surface area contributed by atoms with Gasteiger partial charge in [0.1, 0.15) is 18.1 Å². The number of nitrogens with zero attached hydrogens (tertiary/aromatic N) is 1. The van der Waals surface area contributed by atoms with Crippen LogP contribution in [0.5, 0.6) is 11.5 Å². The molecule has 36 heavy (non-hydrogen) atoms. The van der Waals surface area contributed by atoms with E-state index in [1.54, 1.807) is 50.4 Å². The number of ether oxygens (including phenoxy) is 2. The average molecular weight is 524 g/mol. The summed E-state index contributed by atoms with van der Waals surface area (Å²) in [4.78, 5) is 8.94. The number of fused-ring (bicyclic) bond motifs is 1. The van der Waals surface area contributed by atoms with E-state index >= 15 is 0 Å². The van der Waals surface area contributed by atoms with Gasteiger partial charge >= 0.3 is 12.1 Å². The molecule has 192 valence electrons. The van der Waals surface area contributed by atoms with Crippen LogP contribution in [0.1, 0.15) is 18.9 Å². The van der Waals surface area contributed by atoms with Crippen molar-refractivity contribution in [3.8, 4) is 22.6 Å². The summed E-state index contributed by atoms with van der Waals surface area (Å²) in [5.74, 6) is 0.235. The number of carboxylic acids is 1. The fraction of sp³-hybridized carbons (Fsp3) is 0.240. The zero-order valence-corrected chi connectivity index (χ0v) is 20.3. The monoisotopic (exact) mass is 523 g/mol. The van der Waals surface area contributed by atoms with Crippen molar-refractivity contribution in [2.24, 2.45) is 0 Å². The lowest BCUT2D eigenvalue weighted by Crippen LogP contribution is -2.38. The predicted molar refractivity (Wildman–Crippen MR) is 128 cm³/mol. The van der Waals surface area contributed by atoms with Crippen LogP contribution in [0.4, 0.5) is 18.9 Å². The maximum Gasteiger partial charge on any atom is 0.416 e. The molecule has 0 saturated heterocycles. The molecular formula is C25H24F3NO6S. The molecule has 0 amide bonds. The zero-order valence-electron chi connectivity index (χ0n) is 19.4. The van der Waals surface area contributed by atoms with Gasteiger partial charge in [-0.1, -0.05) is 31.2 Å². The highest BCUT2D eigenvalue weighted by Crippen LogP contribution is 2.39. The molecule has 0 atom stereocenters. The maximum absolute atomic E-state index is 13.3. The molecule has 0 aromatic heterocycles. The number of anilines is 1. The number of halogens is 3. The topological polar surface area (TPSA) is 93.1 Å². The van der Waals surface area contributed by atoms with Gasteiger partial charge in [-0.2, -0.15) is 13.2 Å². The lowest BCUT2D eigenvalue weighted by Gasteiger charge is -2.31. The minimum Gasteiger partial charge on any atom is -0.497 e. The third-order valence-corrected chi connectivity index (χ3v) is 7.04. The molecule has 1 aliphatic rings. The third-order valence-electron chi connectivity index (χ3n) is 5.23. The summed E-state index contributed by atoms with van der Waals surface area (Å²) in [7, 11) is -2.70. The second-order valence-corrected chi connectivity index (χ2v) is 9.48. The molecule has 0 saturated carbocycles. The predicted octanol–water partition coefficient (Wildman–Crippen LogP) is 5.45. The molecule has 0 bridgehead atoms. The van der Waals surface area contributed by atoms with Gasteiger partial charge in [-0.3, -0.25) is 9.10 Å². The Morgan fingerprint density at radius 2 is 1.72 bits per heavy atom. The van der Waals surface area contributed by atoms with E-state index in [4.69, 9.17) is 14.6 Å². The molecule has 0 radical (unpaired) electrons. The first-order valence-corrected chi connectivity index (χ1v) is 12.2. The highest BCUT2D eigenvalue weighted by Gasteiger charge is 2.34. The van der Waals surface area contributed by atoms with Gasteiger partial charge in [0, 0.05) is 6.42 Å². The summed E-state index contributed by atoms with van der Waals surface area (Å²) >= 11 is 0. The molecule has 1 heterocycles. The smallest absolute Gasteiger partial charge is 0.416 e. The van der Waals surface area contributed by atoms with Crippen LogP contribution >= 0.6 is 0 Å². The minimum atomic E-state index is -4.64. The lowest BCUT2D eigenvalue weighted by molar-refractivity contribution is -0.138. The summed E-state index contributed by atoms with van der Waals surface area (Å²) in [6.45, 7) is 1.67. The Balaban J connectivity index is 0.000000658. The number of benzene rings is 3. The summed E-state index contributed by atoms with van der Waals surface area (Å²) < 4.78 is 77.7. The molecule has 0 fully saturated rings. The van der Waals surface area contributed by atoms with Gasteiger partial charge in [0.25, 0.3) is 10.0 Å². The van der Waals surface area contributed by atoms with E-state index in [0.29, 0.717) is 23.1 Å². The molecule has 1 N–H and O–H groups in total. The first-order valence-electron chi connectivity index (χ1n) is 10.8. The molecule has 0 unspecified atom stereocenters. The number of sulfonamides is 1. The molecule has 3 aromatic carbocycles. The first kappa shape index (κ1) is 26.9. The fourth-order valence-corrected chi connectivity index (χ4v) is 4.88. The molecule has 4 rings (SSSR count). The highest BCUT2D eigenvalue weighted by atomic mass is 32.2. The Labute approximate surface area is 206 Å². The largest absolute Gasteiger partial charge is 0.497 e. The summed E-state index contributed by atoms with van der Waals surface area (Å²) in [6.07, 6.45) is -4.42. The van der Waals surface area contributed by atoms with E-state index in [-0.39, 0.29) is 25.3 Å². The molecule has 7 nitrogen and oxygen atoms in total. The fourth-order valence-electron chi connectivity index (χ4n) is 3.39. The van der Waals surface area contributed by atoms with Crippen molar-refractivity contribution in [2.75, 3.05) is 24.6 Å². The average Bonchev–Trinajstić information content (AvgIpc) is 2.88. The van der Waals surface area contributed by atoms with Gasteiger partial charge in [-0.05, 0) is 53.6 Å². The lowest BCUT2D eigenvalue weighted by atomic mass is 10.0. The number of rotatable bonds is 5.